The predicted octanol–water partition coefficient (Wildman–Crippen LogP) is 4.08. The zero-order chi connectivity index (χ0) is 23.4. The molecule has 3 heterocycles. The van der Waals surface area contributed by atoms with Crippen molar-refractivity contribution in [3.05, 3.63) is 64.1 Å². The van der Waals surface area contributed by atoms with Gasteiger partial charge in [-0.15, -0.1) is 0 Å². The summed E-state index contributed by atoms with van der Waals surface area (Å²) in [7, 11) is 0. The molecule has 0 radical (unpaired) electrons. The molecular formula is C22H25N7O4. The van der Waals surface area contributed by atoms with Crippen LogP contribution in [0.25, 0.3) is 0 Å². The Labute approximate surface area is 190 Å². The minimum Gasteiger partial charge on any atom is -0.351 e. The van der Waals surface area contributed by atoms with Gasteiger partial charge in [0.2, 0.25) is 11.7 Å². The Kier molecular flexibility index (Phi) is 6.57. The lowest BCUT2D eigenvalue weighted by Gasteiger charge is -2.30. The first kappa shape index (κ1) is 22.3. The Morgan fingerprint density at radius 3 is 2.61 bits per heavy atom. The van der Waals surface area contributed by atoms with Crippen molar-refractivity contribution in [2.45, 2.75) is 45.4 Å². The Morgan fingerprint density at radius 1 is 1.24 bits per heavy atom. The zero-order valence-corrected chi connectivity index (χ0v) is 18.7. The molecule has 0 amide bonds. The second kappa shape index (κ2) is 9.72. The maximum atomic E-state index is 11.9. The first-order valence-electron chi connectivity index (χ1n) is 10.8. The van der Waals surface area contributed by atoms with Gasteiger partial charge in [-0.3, -0.25) is 10.1 Å². The van der Waals surface area contributed by atoms with Crippen molar-refractivity contribution < 1.29 is 14.3 Å². The lowest BCUT2D eigenvalue weighted by Crippen LogP contribution is -2.34. The molecule has 4 rings (SSSR count). The van der Waals surface area contributed by atoms with Crippen molar-refractivity contribution in [1.82, 2.24) is 20.1 Å². The van der Waals surface area contributed by atoms with Crippen LogP contribution in [0.2, 0.25) is 0 Å². The molecule has 1 aliphatic rings. The quantitative estimate of drug-likeness (QED) is 0.296. The average Bonchev–Trinajstić information content (AvgIpc) is 3.33. The number of benzene rings is 1. The normalized spacial score (nSPS) is 15.2. The van der Waals surface area contributed by atoms with Crippen molar-refractivity contribution in [3.63, 3.8) is 0 Å². The molecule has 1 aliphatic heterocycles. The molecule has 11 nitrogen and oxygen atoms in total. The molecule has 0 bridgehead atoms. The van der Waals surface area contributed by atoms with Crippen molar-refractivity contribution in [3.8, 4) is 5.88 Å². The molecule has 3 aromatic rings. The molecule has 0 atom stereocenters. The van der Waals surface area contributed by atoms with Crippen LogP contribution in [0.15, 0.2) is 46.3 Å². The van der Waals surface area contributed by atoms with E-state index in [9.17, 15) is 10.1 Å². The summed E-state index contributed by atoms with van der Waals surface area (Å²) in [5.41, 5.74) is 1.12. The number of piperidine rings is 1. The van der Waals surface area contributed by atoms with Crippen LogP contribution in [0.4, 0.5) is 11.5 Å². The van der Waals surface area contributed by atoms with Gasteiger partial charge >= 0.3 is 11.6 Å². The van der Waals surface area contributed by atoms with Gasteiger partial charge in [-0.25, -0.2) is 4.98 Å². The molecule has 0 unspecified atom stereocenters. The second-order valence-corrected chi connectivity index (χ2v) is 8.15. The van der Waals surface area contributed by atoms with E-state index in [0.29, 0.717) is 43.4 Å². The van der Waals surface area contributed by atoms with Gasteiger partial charge < -0.3 is 14.3 Å². The standard InChI is InChI=1S/C22H25N7O4/c1-14(2)19-25-21(32-27-19)17-9-11-28(12-10-17)20-18(29(30)31)22(24-13-23-20)33-26-15(3)16-7-5-4-6-8-16/h4-8,13-14,17H,9-12H2,1-3H3/b26-15-. The largest absolute Gasteiger partial charge is 0.375 e. The molecule has 0 saturated carbocycles. The second-order valence-electron chi connectivity index (χ2n) is 8.15. The van der Waals surface area contributed by atoms with Crippen LogP contribution in [0.5, 0.6) is 5.88 Å². The summed E-state index contributed by atoms with van der Waals surface area (Å²) < 4.78 is 5.43. The fraction of sp³-hybridized carbons (Fsp3) is 0.409. The van der Waals surface area contributed by atoms with Gasteiger partial charge in [0, 0.05) is 24.9 Å². The highest BCUT2D eigenvalue weighted by molar-refractivity contribution is 5.98. The predicted molar refractivity (Wildman–Crippen MR) is 121 cm³/mol. The molecule has 33 heavy (non-hydrogen) atoms. The maximum Gasteiger partial charge on any atom is 0.375 e. The fourth-order valence-corrected chi connectivity index (χ4v) is 3.64. The van der Waals surface area contributed by atoms with Gasteiger partial charge in [-0.05, 0) is 25.3 Å². The van der Waals surface area contributed by atoms with Gasteiger partial charge in [-0.2, -0.15) is 9.97 Å². The van der Waals surface area contributed by atoms with Crippen LogP contribution >= 0.6 is 0 Å². The molecule has 0 N–H and O–H groups in total. The van der Waals surface area contributed by atoms with Crippen molar-refractivity contribution in [1.29, 1.82) is 0 Å². The van der Waals surface area contributed by atoms with Gasteiger partial charge in [0.1, 0.15) is 6.33 Å². The van der Waals surface area contributed by atoms with Gasteiger partial charge in [0.25, 0.3) is 0 Å². The molecule has 0 spiro atoms. The van der Waals surface area contributed by atoms with E-state index < -0.39 is 4.92 Å². The number of anilines is 1. The van der Waals surface area contributed by atoms with E-state index >= 15 is 0 Å². The van der Waals surface area contributed by atoms with E-state index in [-0.39, 0.29) is 29.2 Å². The van der Waals surface area contributed by atoms with E-state index in [1.165, 1.54) is 6.33 Å². The molecule has 0 aliphatic carbocycles. The number of rotatable bonds is 7. The molecule has 2 aromatic heterocycles. The van der Waals surface area contributed by atoms with E-state index in [1.54, 1.807) is 6.92 Å². The molecular weight excluding hydrogens is 426 g/mol. The van der Waals surface area contributed by atoms with E-state index in [2.05, 4.69) is 25.3 Å². The lowest BCUT2D eigenvalue weighted by atomic mass is 9.96. The molecule has 1 fully saturated rings. The third kappa shape index (κ3) is 4.97. The van der Waals surface area contributed by atoms with Crippen molar-refractivity contribution >= 4 is 17.2 Å². The Balaban J connectivity index is 1.51. The Hall–Kier alpha value is -3.89. The van der Waals surface area contributed by atoms with Gasteiger partial charge in [0.05, 0.1) is 10.6 Å². The SMILES string of the molecule is C/C(=N/Oc1ncnc(N2CCC(c3nc(C(C)C)no3)CC2)c1[N+](=O)[O-])c1ccccc1. The number of aromatic nitrogens is 4. The van der Waals surface area contributed by atoms with Crippen molar-refractivity contribution in [2.24, 2.45) is 5.16 Å². The van der Waals surface area contributed by atoms with E-state index in [1.807, 2.05) is 49.1 Å². The number of hydrogen-bond donors (Lipinski definition) is 0. The van der Waals surface area contributed by atoms with Crippen LogP contribution in [0.1, 0.15) is 62.7 Å². The third-order valence-electron chi connectivity index (χ3n) is 5.53. The molecule has 1 saturated heterocycles. The summed E-state index contributed by atoms with van der Waals surface area (Å²) >= 11 is 0. The summed E-state index contributed by atoms with van der Waals surface area (Å²) in [6.07, 6.45) is 2.68. The highest BCUT2D eigenvalue weighted by atomic mass is 16.7. The van der Waals surface area contributed by atoms with E-state index in [4.69, 9.17) is 9.36 Å². The highest BCUT2D eigenvalue weighted by Crippen LogP contribution is 2.37. The number of nitrogens with zero attached hydrogens (tertiary/aromatic N) is 7. The summed E-state index contributed by atoms with van der Waals surface area (Å²) in [4.78, 5) is 31.3. The molecule has 11 heteroatoms. The van der Waals surface area contributed by atoms with E-state index in [0.717, 1.165) is 5.56 Å². The van der Waals surface area contributed by atoms with Crippen LogP contribution < -0.4 is 9.74 Å². The Morgan fingerprint density at radius 2 is 1.97 bits per heavy atom. The first-order valence-corrected chi connectivity index (χ1v) is 10.8. The lowest BCUT2D eigenvalue weighted by molar-refractivity contribution is -0.385. The van der Waals surface area contributed by atoms with Gasteiger partial charge in [-0.1, -0.05) is 54.5 Å². The van der Waals surface area contributed by atoms with Crippen LogP contribution in [-0.4, -0.2) is 43.8 Å². The van der Waals surface area contributed by atoms with Gasteiger partial charge in [0.15, 0.2) is 5.82 Å². The summed E-state index contributed by atoms with van der Waals surface area (Å²) in [6.45, 7) is 6.88. The maximum absolute atomic E-state index is 11.9. The molecule has 172 valence electrons. The van der Waals surface area contributed by atoms with Crippen molar-refractivity contribution in [2.75, 3.05) is 18.0 Å². The third-order valence-corrected chi connectivity index (χ3v) is 5.53. The highest BCUT2D eigenvalue weighted by Gasteiger charge is 2.33. The van der Waals surface area contributed by atoms with Crippen LogP contribution in [0, 0.1) is 10.1 Å². The average molecular weight is 451 g/mol. The summed E-state index contributed by atoms with van der Waals surface area (Å²) in [5.74, 6) is 1.62. The number of hydrogen-bond acceptors (Lipinski definition) is 10. The topological polar surface area (TPSA) is 133 Å². The smallest absolute Gasteiger partial charge is 0.351 e. The Bertz CT molecular complexity index is 1140. The monoisotopic (exact) mass is 451 g/mol. The minimum absolute atomic E-state index is 0.107. The minimum atomic E-state index is -0.531. The van der Waals surface area contributed by atoms with Crippen LogP contribution in [0.3, 0.4) is 0 Å². The zero-order valence-electron chi connectivity index (χ0n) is 18.7. The fourth-order valence-electron chi connectivity index (χ4n) is 3.64. The van der Waals surface area contributed by atoms with Crippen LogP contribution in [-0.2, 0) is 0 Å². The summed E-state index contributed by atoms with van der Waals surface area (Å²) in [6, 6.07) is 9.39. The summed E-state index contributed by atoms with van der Waals surface area (Å²) in [5, 5.41) is 20.0. The first-order chi connectivity index (χ1) is 15.9. The molecule has 1 aromatic carbocycles. The number of oxime groups is 1. The number of nitro groups is 1.